The van der Waals surface area contributed by atoms with Crippen LogP contribution in [-0.4, -0.2) is 33.0 Å². The number of amides is 2. The number of carbonyl (C=O) groups excluding carboxylic acids is 2. The van der Waals surface area contributed by atoms with Crippen molar-refractivity contribution in [2.75, 3.05) is 18.1 Å². The first-order valence-electron chi connectivity index (χ1n) is 8.66. The first-order chi connectivity index (χ1) is 13.3. The normalized spacial score (nSPS) is 11.4. The number of furan rings is 1. The lowest BCUT2D eigenvalue weighted by Gasteiger charge is -2.07. The molecule has 146 valence electrons. The van der Waals surface area contributed by atoms with E-state index in [0.717, 1.165) is 6.26 Å². The first-order valence-corrected chi connectivity index (χ1v) is 10.7. The fourth-order valence-corrected chi connectivity index (χ4v) is 3.69. The van der Waals surface area contributed by atoms with Crippen molar-refractivity contribution in [3.05, 3.63) is 65.4 Å². The Morgan fingerprint density at radius 2 is 1.79 bits per heavy atom. The van der Waals surface area contributed by atoms with Gasteiger partial charge in [0.2, 0.25) is 0 Å². The number of nitrogens with one attached hydrogen (secondary N) is 2. The van der Waals surface area contributed by atoms with Crippen molar-refractivity contribution in [1.29, 1.82) is 0 Å². The Morgan fingerprint density at radius 3 is 2.50 bits per heavy atom. The Morgan fingerprint density at radius 1 is 1.04 bits per heavy atom. The molecular weight excluding hydrogens is 380 g/mol. The van der Waals surface area contributed by atoms with Crippen molar-refractivity contribution in [1.82, 2.24) is 5.32 Å². The Kier molecular flexibility index (Phi) is 5.51. The van der Waals surface area contributed by atoms with Gasteiger partial charge in [0, 0.05) is 35.0 Å². The van der Waals surface area contributed by atoms with E-state index in [0.29, 0.717) is 34.3 Å². The smallest absolute Gasteiger partial charge is 0.291 e. The van der Waals surface area contributed by atoms with E-state index < -0.39 is 15.7 Å². The van der Waals surface area contributed by atoms with Crippen LogP contribution in [0.1, 0.15) is 33.4 Å². The van der Waals surface area contributed by atoms with Gasteiger partial charge in [-0.3, -0.25) is 9.59 Å². The number of hydrogen-bond acceptors (Lipinski definition) is 5. The van der Waals surface area contributed by atoms with Gasteiger partial charge in [0.1, 0.15) is 5.58 Å². The van der Waals surface area contributed by atoms with E-state index in [1.54, 1.807) is 48.5 Å². The molecule has 28 heavy (non-hydrogen) atoms. The lowest BCUT2D eigenvalue weighted by molar-refractivity contribution is 0.0953. The summed E-state index contributed by atoms with van der Waals surface area (Å²) >= 11 is 0. The van der Waals surface area contributed by atoms with E-state index in [1.165, 1.54) is 0 Å². The highest BCUT2D eigenvalue weighted by Gasteiger charge is 2.23. The Balaban J connectivity index is 1.95. The summed E-state index contributed by atoms with van der Waals surface area (Å²) in [4.78, 5) is 24.8. The van der Waals surface area contributed by atoms with Crippen molar-refractivity contribution in [2.45, 2.75) is 12.7 Å². The van der Waals surface area contributed by atoms with Crippen LogP contribution >= 0.6 is 0 Å². The van der Waals surface area contributed by atoms with Crippen LogP contribution in [0.5, 0.6) is 0 Å². The zero-order valence-electron chi connectivity index (χ0n) is 15.5. The molecule has 0 aliphatic carbocycles. The van der Waals surface area contributed by atoms with Crippen molar-refractivity contribution < 1.29 is 22.4 Å². The minimum Gasteiger partial charge on any atom is -0.451 e. The van der Waals surface area contributed by atoms with Crippen LogP contribution in [0.15, 0.2) is 52.9 Å². The third-order valence-corrected chi connectivity index (χ3v) is 4.84. The number of rotatable bonds is 6. The number of para-hydroxylation sites is 1. The molecule has 0 radical (unpaired) electrons. The van der Waals surface area contributed by atoms with Crippen LogP contribution in [0.3, 0.4) is 0 Å². The second-order valence-electron chi connectivity index (χ2n) is 6.37. The SMILES string of the molecule is CCNC(=O)c1cccc(NC(=O)c2oc3ccccc3c2CS(C)(=O)=O)c1. The molecule has 0 aliphatic heterocycles. The number of carbonyl (C=O) groups is 2. The van der Waals surface area contributed by atoms with Crippen LogP contribution in [0.4, 0.5) is 5.69 Å². The third kappa shape index (κ3) is 4.40. The fourth-order valence-electron chi connectivity index (χ4n) is 2.88. The molecule has 1 aromatic heterocycles. The summed E-state index contributed by atoms with van der Waals surface area (Å²) in [6.45, 7) is 2.30. The van der Waals surface area contributed by atoms with Crippen LogP contribution < -0.4 is 10.6 Å². The van der Waals surface area contributed by atoms with Crippen LogP contribution in [0.2, 0.25) is 0 Å². The zero-order chi connectivity index (χ0) is 20.3. The Labute approximate surface area is 162 Å². The molecule has 3 aromatic rings. The summed E-state index contributed by atoms with van der Waals surface area (Å²) in [5, 5.41) is 5.94. The predicted octanol–water partition coefficient (Wildman–Crippen LogP) is 2.98. The number of hydrogen-bond donors (Lipinski definition) is 2. The third-order valence-electron chi connectivity index (χ3n) is 4.03. The van der Waals surface area contributed by atoms with E-state index in [1.807, 2.05) is 6.92 Å². The van der Waals surface area contributed by atoms with Crippen LogP contribution in [-0.2, 0) is 15.6 Å². The molecule has 7 nitrogen and oxygen atoms in total. The molecule has 0 saturated carbocycles. The maximum Gasteiger partial charge on any atom is 0.291 e. The summed E-state index contributed by atoms with van der Waals surface area (Å²) in [5.74, 6) is -1.20. The van der Waals surface area contributed by atoms with Gasteiger partial charge >= 0.3 is 0 Å². The molecule has 0 unspecified atom stereocenters. The molecule has 2 amide bonds. The quantitative estimate of drug-likeness (QED) is 0.662. The molecule has 0 atom stereocenters. The van der Waals surface area contributed by atoms with Gasteiger partial charge in [-0.15, -0.1) is 0 Å². The highest BCUT2D eigenvalue weighted by molar-refractivity contribution is 7.89. The highest BCUT2D eigenvalue weighted by atomic mass is 32.2. The second kappa shape index (κ2) is 7.85. The summed E-state index contributed by atoms with van der Waals surface area (Å²) in [6, 6.07) is 13.3. The molecule has 1 heterocycles. The molecule has 0 fully saturated rings. The average molecular weight is 400 g/mol. The highest BCUT2D eigenvalue weighted by Crippen LogP contribution is 2.28. The molecule has 8 heteroatoms. The van der Waals surface area contributed by atoms with Gasteiger partial charge in [-0.05, 0) is 31.2 Å². The lowest BCUT2D eigenvalue weighted by atomic mass is 10.1. The van der Waals surface area contributed by atoms with E-state index >= 15 is 0 Å². The number of anilines is 1. The molecule has 0 spiro atoms. The van der Waals surface area contributed by atoms with Gasteiger partial charge in [0.25, 0.3) is 11.8 Å². The summed E-state index contributed by atoms with van der Waals surface area (Å²) in [5.41, 5.74) is 1.55. The molecule has 0 saturated heterocycles. The van der Waals surface area contributed by atoms with Gasteiger partial charge in [-0.2, -0.15) is 0 Å². The number of fused-ring (bicyclic) bond motifs is 1. The minimum atomic E-state index is -3.38. The van der Waals surface area contributed by atoms with Gasteiger partial charge in [0.05, 0.1) is 5.75 Å². The van der Waals surface area contributed by atoms with Gasteiger partial charge in [-0.25, -0.2) is 8.42 Å². The molecule has 2 aromatic carbocycles. The lowest BCUT2D eigenvalue weighted by Crippen LogP contribution is -2.22. The Hall–Kier alpha value is -3.13. The van der Waals surface area contributed by atoms with E-state index in [4.69, 9.17) is 4.42 Å². The van der Waals surface area contributed by atoms with E-state index in [-0.39, 0.29) is 17.4 Å². The van der Waals surface area contributed by atoms with Crippen molar-refractivity contribution >= 4 is 38.3 Å². The largest absolute Gasteiger partial charge is 0.451 e. The van der Waals surface area contributed by atoms with Gasteiger partial charge in [0.15, 0.2) is 15.6 Å². The maximum atomic E-state index is 12.8. The molecular formula is C20H20N2O5S. The maximum absolute atomic E-state index is 12.8. The topological polar surface area (TPSA) is 105 Å². The van der Waals surface area contributed by atoms with Gasteiger partial charge < -0.3 is 15.1 Å². The average Bonchev–Trinajstić information content (AvgIpc) is 2.99. The van der Waals surface area contributed by atoms with E-state index in [9.17, 15) is 18.0 Å². The summed E-state index contributed by atoms with van der Waals surface area (Å²) in [7, 11) is -3.38. The minimum absolute atomic E-state index is 0.0602. The van der Waals surface area contributed by atoms with Crippen LogP contribution in [0, 0.1) is 0 Å². The van der Waals surface area contributed by atoms with Crippen molar-refractivity contribution in [3.63, 3.8) is 0 Å². The number of benzene rings is 2. The second-order valence-corrected chi connectivity index (χ2v) is 8.51. The summed E-state index contributed by atoms with van der Waals surface area (Å²) in [6.07, 6.45) is 1.10. The van der Waals surface area contributed by atoms with Crippen LogP contribution in [0.25, 0.3) is 11.0 Å². The molecule has 3 rings (SSSR count). The predicted molar refractivity (Wildman–Crippen MR) is 107 cm³/mol. The van der Waals surface area contributed by atoms with E-state index in [2.05, 4.69) is 10.6 Å². The summed E-state index contributed by atoms with van der Waals surface area (Å²) < 4.78 is 29.3. The molecule has 2 N–H and O–H groups in total. The van der Waals surface area contributed by atoms with Gasteiger partial charge in [-0.1, -0.05) is 24.3 Å². The number of sulfone groups is 1. The van der Waals surface area contributed by atoms with Crippen molar-refractivity contribution in [3.8, 4) is 0 Å². The zero-order valence-corrected chi connectivity index (χ0v) is 16.3. The monoisotopic (exact) mass is 400 g/mol. The fraction of sp³-hybridized carbons (Fsp3) is 0.200. The Bertz CT molecular complexity index is 1150. The van der Waals surface area contributed by atoms with Crippen molar-refractivity contribution in [2.24, 2.45) is 0 Å². The molecule has 0 aliphatic rings. The standard InChI is InChI=1S/C20H20N2O5S/c1-3-21-19(23)13-7-6-8-14(11-13)22-20(24)18-16(12-28(2,25)26)15-9-4-5-10-17(15)27-18/h4-11H,3,12H2,1-2H3,(H,21,23)(H,22,24). The first kappa shape index (κ1) is 19.6. The molecule has 0 bridgehead atoms.